The third kappa shape index (κ3) is 2.62. The fourth-order valence-electron chi connectivity index (χ4n) is 3.25. The molecule has 0 unspecified atom stereocenters. The van der Waals surface area contributed by atoms with Crippen LogP contribution in [0.4, 0.5) is 0 Å². The molecule has 27 heavy (non-hydrogen) atoms. The van der Waals surface area contributed by atoms with Crippen molar-refractivity contribution in [1.29, 1.82) is 0 Å². The number of benzene rings is 2. The lowest BCUT2D eigenvalue weighted by Crippen LogP contribution is -2.18. The Kier molecular flexibility index (Phi) is 3.88. The minimum atomic E-state index is -0.434. The molecule has 1 aliphatic carbocycles. The molecular weight excluding hydrogens is 350 g/mol. The summed E-state index contributed by atoms with van der Waals surface area (Å²) in [7, 11) is 3.11. The Labute approximate surface area is 152 Å². The molecule has 0 saturated heterocycles. The van der Waals surface area contributed by atoms with E-state index in [1.807, 2.05) is 12.1 Å². The first-order valence-corrected chi connectivity index (χ1v) is 8.20. The van der Waals surface area contributed by atoms with Gasteiger partial charge in [-0.1, -0.05) is 6.07 Å². The highest BCUT2D eigenvalue weighted by molar-refractivity contribution is 5.87. The Bertz CT molecular complexity index is 1310. The molecule has 0 amide bonds. The van der Waals surface area contributed by atoms with Crippen LogP contribution >= 0.6 is 0 Å². The van der Waals surface area contributed by atoms with E-state index in [1.165, 1.54) is 18.2 Å². The minimum absolute atomic E-state index is 0.0143. The lowest BCUT2D eigenvalue weighted by molar-refractivity contribution is 0.393. The zero-order valence-corrected chi connectivity index (χ0v) is 14.7. The van der Waals surface area contributed by atoms with E-state index in [2.05, 4.69) is 10.3 Å². The second-order valence-corrected chi connectivity index (χ2v) is 6.13. The quantitative estimate of drug-likeness (QED) is 0.507. The summed E-state index contributed by atoms with van der Waals surface area (Å²) in [6, 6.07) is 9.84. The maximum atomic E-state index is 13.0. The number of nitrogens with one attached hydrogen (secondary N) is 2. The molecule has 2 aliphatic rings. The number of phenols is 1. The Hall–Kier alpha value is -3.68. The van der Waals surface area contributed by atoms with E-state index < -0.39 is 5.43 Å². The summed E-state index contributed by atoms with van der Waals surface area (Å²) in [6.45, 7) is 0.284. The third-order valence-electron chi connectivity index (χ3n) is 4.53. The van der Waals surface area contributed by atoms with Crippen molar-refractivity contribution in [3.63, 3.8) is 0 Å². The maximum Gasteiger partial charge on any atom is 0.217 e. The lowest BCUT2D eigenvalue weighted by Gasteiger charge is -2.09. The van der Waals surface area contributed by atoms with E-state index >= 15 is 0 Å². The zero-order chi connectivity index (χ0) is 19.1. The molecule has 0 aromatic heterocycles. The SMILES string of the molecule is COc1cc(Cn2[nH][nH]c3c(=O)c4c(O)cccc4c(=O)c2=3)cc(OC)c1. The van der Waals surface area contributed by atoms with Crippen molar-refractivity contribution in [3.05, 3.63) is 73.1 Å². The number of aromatic nitrogens is 3. The average Bonchev–Trinajstić information content (AvgIpc) is 3.09. The molecule has 3 N–H and O–H groups in total. The van der Waals surface area contributed by atoms with Crippen LogP contribution in [0.2, 0.25) is 0 Å². The second kappa shape index (κ2) is 6.24. The first kappa shape index (κ1) is 16.8. The highest BCUT2D eigenvalue weighted by Gasteiger charge is 2.15. The van der Waals surface area contributed by atoms with Crippen LogP contribution < -0.4 is 20.3 Å². The average molecular weight is 367 g/mol. The van der Waals surface area contributed by atoms with E-state index in [-0.39, 0.29) is 39.2 Å². The van der Waals surface area contributed by atoms with E-state index in [1.54, 1.807) is 25.0 Å². The van der Waals surface area contributed by atoms with Crippen LogP contribution in [0, 0.1) is 10.7 Å². The van der Waals surface area contributed by atoms with Crippen molar-refractivity contribution in [2.75, 3.05) is 14.2 Å². The number of H-pyrrole nitrogens is 2. The predicted octanol–water partition coefficient (Wildman–Crippen LogP) is 1.51. The number of methoxy groups -OCH3 is 2. The van der Waals surface area contributed by atoms with Gasteiger partial charge in [-0.25, -0.2) is 5.21 Å². The standard InChI is InChI=1S/C19H17N3O5/c1-26-11-6-10(7-12(8-11)27-2)9-22-17-16(20-21-22)19(25)15-13(18(17)24)4-3-5-14(15)23/h3-8,20-21,23H,9H2,1-2H3. The molecule has 0 atom stereocenters. The fourth-order valence-corrected chi connectivity index (χ4v) is 3.25. The van der Waals surface area contributed by atoms with Gasteiger partial charge in [-0.05, 0) is 29.8 Å². The maximum absolute atomic E-state index is 13.0. The molecule has 8 nitrogen and oxygen atoms in total. The van der Waals surface area contributed by atoms with Crippen LogP contribution in [0.3, 0.4) is 0 Å². The van der Waals surface area contributed by atoms with E-state index in [0.29, 0.717) is 11.5 Å². The van der Waals surface area contributed by atoms with Crippen LogP contribution in [0.25, 0.3) is 10.8 Å². The summed E-state index contributed by atoms with van der Waals surface area (Å²) >= 11 is 0. The molecule has 2 aromatic carbocycles. The number of ether oxygens (including phenoxy) is 2. The molecule has 2 aromatic rings. The van der Waals surface area contributed by atoms with Crippen LogP contribution in [-0.4, -0.2) is 34.3 Å². The smallest absolute Gasteiger partial charge is 0.217 e. The summed E-state index contributed by atoms with van der Waals surface area (Å²) in [4.78, 5) is 25.7. The number of aromatic hydroxyl groups is 1. The van der Waals surface area contributed by atoms with Gasteiger partial charge in [-0.3, -0.25) is 19.4 Å². The number of aromatic amines is 2. The minimum Gasteiger partial charge on any atom is -0.507 e. The van der Waals surface area contributed by atoms with Gasteiger partial charge in [-0.2, -0.15) is 0 Å². The van der Waals surface area contributed by atoms with Crippen molar-refractivity contribution in [1.82, 2.24) is 15.0 Å². The van der Waals surface area contributed by atoms with Gasteiger partial charge in [0, 0.05) is 11.5 Å². The van der Waals surface area contributed by atoms with E-state index in [4.69, 9.17) is 9.47 Å². The van der Waals surface area contributed by atoms with E-state index in [0.717, 1.165) is 5.56 Å². The number of fused-ring (bicyclic) bond motifs is 1. The van der Waals surface area contributed by atoms with Gasteiger partial charge >= 0.3 is 0 Å². The van der Waals surface area contributed by atoms with Crippen molar-refractivity contribution in [3.8, 4) is 17.2 Å². The van der Waals surface area contributed by atoms with Crippen LogP contribution in [0.5, 0.6) is 17.2 Å². The van der Waals surface area contributed by atoms with Gasteiger partial charge in [0.25, 0.3) is 0 Å². The third-order valence-corrected chi connectivity index (χ3v) is 4.53. The van der Waals surface area contributed by atoms with Crippen molar-refractivity contribution in [2.24, 2.45) is 0 Å². The predicted molar refractivity (Wildman–Crippen MR) is 98.8 cm³/mol. The van der Waals surface area contributed by atoms with E-state index in [9.17, 15) is 14.7 Å². The molecule has 0 radical (unpaired) electrons. The summed E-state index contributed by atoms with van der Waals surface area (Å²) < 4.78 is 12.1. The normalized spacial score (nSPS) is 11.2. The van der Waals surface area contributed by atoms with Gasteiger partial charge in [0.05, 0.1) is 26.2 Å². The highest BCUT2D eigenvalue weighted by atomic mass is 16.5. The number of nitrogens with zero attached hydrogens (tertiary/aromatic N) is 1. The van der Waals surface area contributed by atoms with Gasteiger partial charge in [0.15, 0.2) is 0 Å². The molecule has 0 fully saturated rings. The van der Waals surface area contributed by atoms with Crippen molar-refractivity contribution in [2.45, 2.75) is 6.54 Å². The first-order chi connectivity index (χ1) is 13.0. The Balaban J connectivity index is 1.96. The Morgan fingerprint density at radius 1 is 1.04 bits per heavy atom. The van der Waals surface area contributed by atoms with Crippen molar-refractivity contribution >= 4 is 10.8 Å². The summed E-state index contributed by atoms with van der Waals surface area (Å²) in [5, 5.41) is 16.1. The molecule has 0 saturated carbocycles. The lowest BCUT2D eigenvalue weighted by atomic mass is 10.1. The number of hydrogen-bond donors (Lipinski definition) is 3. The van der Waals surface area contributed by atoms with Crippen LogP contribution in [-0.2, 0) is 6.54 Å². The molecule has 0 bridgehead atoms. The second-order valence-electron chi connectivity index (χ2n) is 6.13. The number of rotatable bonds is 4. The molecule has 138 valence electrons. The zero-order valence-electron chi connectivity index (χ0n) is 14.7. The van der Waals surface area contributed by atoms with Gasteiger partial charge in [-0.15, -0.1) is 0 Å². The highest BCUT2D eigenvalue weighted by Crippen LogP contribution is 2.23. The molecule has 8 heteroatoms. The van der Waals surface area contributed by atoms with Gasteiger partial charge < -0.3 is 14.6 Å². The molecule has 4 rings (SSSR count). The number of hydrogen-bond acceptors (Lipinski definition) is 5. The van der Waals surface area contributed by atoms with Crippen molar-refractivity contribution < 1.29 is 14.6 Å². The van der Waals surface area contributed by atoms with Crippen LogP contribution in [0.1, 0.15) is 5.56 Å². The monoisotopic (exact) mass is 367 g/mol. The largest absolute Gasteiger partial charge is 0.507 e. The van der Waals surface area contributed by atoms with Crippen LogP contribution in [0.15, 0.2) is 46.0 Å². The summed E-state index contributed by atoms with van der Waals surface area (Å²) in [6.07, 6.45) is 0. The summed E-state index contributed by atoms with van der Waals surface area (Å²) in [5.41, 5.74) is 0.0370. The Morgan fingerprint density at radius 3 is 2.41 bits per heavy atom. The van der Waals surface area contributed by atoms with Gasteiger partial charge in [0.1, 0.15) is 27.9 Å². The summed E-state index contributed by atoms with van der Waals surface area (Å²) in [5.74, 6) is 1.02. The number of phenolic OH excluding ortho intramolecular Hbond substituents is 1. The fraction of sp³-hybridized carbons (Fsp3) is 0.158. The molecule has 1 heterocycles. The van der Waals surface area contributed by atoms with Gasteiger partial charge in [0.2, 0.25) is 10.9 Å². The molecule has 1 aliphatic heterocycles. The first-order valence-electron chi connectivity index (χ1n) is 8.20. The topological polar surface area (TPSA) is 109 Å². The Morgan fingerprint density at radius 2 is 1.74 bits per heavy atom. The molecule has 0 spiro atoms. The molecular formula is C19H17N3O5.